The Kier molecular flexibility index (Phi) is 4.34. The highest BCUT2D eigenvalue weighted by Gasteiger charge is 2.41. The molecule has 74 valence electrons. The topological polar surface area (TPSA) is 63.6 Å². The molecule has 0 spiro atoms. The number of methoxy groups -OCH3 is 1. The van der Waals surface area contributed by atoms with Crippen LogP contribution in [0.3, 0.4) is 0 Å². The summed E-state index contributed by atoms with van der Waals surface area (Å²) in [4.78, 5) is 22.0. The molecule has 0 rings (SSSR count). The largest absolute Gasteiger partial charge is 0.467 e. The lowest BCUT2D eigenvalue weighted by atomic mass is 9.95. The molecule has 0 unspecified atom stereocenters. The molecular weight excluding hydrogens is 172 g/mol. The summed E-state index contributed by atoms with van der Waals surface area (Å²) in [5, 5.41) is 9.61. The van der Waals surface area contributed by atoms with Gasteiger partial charge in [-0.05, 0) is 13.8 Å². The molecule has 0 aromatic rings. The zero-order chi connectivity index (χ0) is 10.5. The molecule has 0 saturated heterocycles. The second kappa shape index (κ2) is 4.77. The maximum atomic E-state index is 11.1. The van der Waals surface area contributed by atoms with Gasteiger partial charge in [-0.25, -0.2) is 4.79 Å². The Bertz CT molecular complexity index is 232. The van der Waals surface area contributed by atoms with Gasteiger partial charge in [0.1, 0.15) is 0 Å². The lowest BCUT2D eigenvalue weighted by Crippen LogP contribution is -2.45. The van der Waals surface area contributed by atoms with Crippen LogP contribution in [0.5, 0.6) is 0 Å². The minimum Gasteiger partial charge on any atom is -0.467 e. The van der Waals surface area contributed by atoms with E-state index >= 15 is 0 Å². The van der Waals surface area contributed by atoms with Crippen LogP contribution in [0.1, 0.15) is 20.3 Å². The number of carbonyl (C=O) groups excluding carboxylic acids is 2. The first kappa shape index (κ1) is 11.8. The van der Waals surface area contributed by atoms with E-state index in [1.165, 1.54) is 0 Å². The number of hydrogen-bond donors (Lipinski definition) is 1. The molecule has 0 saturated carbocycles. The number of hydrogen-bond acceptors (Lipinski definition) is 4. The minimum absolute atomic E-state index is 0.0501. The van der Waals surface area contributed by atoms with Crippen molar-refractivity contribution < 1.29 is 19.4 Å². The maximum Gasteiger partial charge on any atom is 0.346 e. The van der Waals surface area contributed by atoms with Crippen LogP contribution < -0.4 is 0 Å². The number of carbonyl (C=O) groups is 2. The van der Waals surface area contributed by atoms with Gasteiger partial charge in [0.15, 0.2) is 5.78 Å². The summed E-state index contributed by atoms with van der Waals surface area (Å²) in [6, 6.07) is 0. The van der Waals surface area contributed by atoms with Crippen molar-refractivity contribution in [1.82, 2.24) is 0 Å². The lowest BCUT2D eigenvalue weighted by Gasteiger charge is -2.20. The third-order valence-electron chi connectivity index (χ3n) is 1.75. The third-order valence-corrected chi connectivity index (χ3v) is 1.75. The van der Waals surface area contributed by atoms with Crippen molar-refractivity contribution in [2.45, 2.75) is 25.9 Å². The van der Waals surface area contributed by atoms with Gasteiger partial charge in [0.25, 0.3) is 0 Å². The van der Waals surface area contributed by atoms with Gasteiger partial charge >= 0.3 is 5.97 Å². The Morgan fingerprint density at radius 3 is 2.38 bits per heavy atom. The molecule has 0 radical (unpaired) electrons. The highest BCUT2D eigenvalue weighted by Crippen LogP contribution is 2.14. The molecule has 1 atom stereocenters. The van der Waals surface area contributed by atoms with Crippen molar-refractivity contribution >= 4 is 11.8 Å². The second-order valence-electron chi connectivity index (χ2n) is 2.68. The van der Waals surface area contributed by atoms with Gasteiger partial charge in [-0.2, -0.15) is 0 Å². The summed E-state index contributed by atoms with van der Waals surface area (Å²) < 4.78 is 4.33. The summed E-state index contributed by atoms with van der Waals surface area (Å²) in [6.45, 7) is 2.89. The molecule has 4 nitrogen and oxygen atoms in total. The fraction of sp³-hybridized carbons (Fsp3) is 0.556. The molecule has 0 aromatic heterocycles. The van der Waals surface area contributed by atoms with E-state index in [4.69, 9.17) is 0 Å². The van der Waals surface area contributed by atoms with E-state index in [0.717, 1.165) is 14.0 Å². The molecule has 0 aliphatic heterocycles. The Hall–Kier alpha value is -1.16. The molecular formula is C9H14O4. The Morgan fingerprint density at radius 2 is 2.08 bits per heavy atom. The SMILES string of the molecule is C/C=C/C[C@](O)(C(C)=O)C(=O)OC. The predicted molar refractivity (Wildman–Crippen MR) is 47.1 cm³/mol. The molecule has 0 bridgehead atoms. The quantitative estimate of drug-likeness (QED) is 0.393. The molecule has 0 aliphatic carbocycles. The monoisotopic (exact) mass is 186 g/mol. The van der Waals surface area contributed by atoms with E-state index in [1.54, 1.807) is 19.1 Å². The van der Waals surface area contributed by atoms with Gasteiger partial charge < -0.3 is 9.84 Å². The van der Waals surface area contributed by atoms with Crippen molar-refractivity contribution in [2.75, 3.05) is 7.11 Å². The molecule has 0 fully saturated rings. The van der Waals surface area contributed by atoms with Gasteiger partial charge in [-0.1, -0.05) is 12.2 Å². The Balaban J connectivity index is 4.72. The van der Waals surface area contributed by atoms with E-state index < -0.39 is 17.4 Å². The highest BCUT2D eigenvalue weighted by molar-refractivity contribution is 6.05. The standard InChI is InChI=1S/C9H14O4/c1-4-5-6-9(12,7(2)10)8(11)13-3/h4-5,12H,6H2,1-3H3/b5-4+/t9-/m0/s1. The van der Waals surface area contributed by atoms with Crippen LogP contribution in [0.4, 0.5) is 0 Å². The first-order valence-corrected chi connectivity index (χ1v) is 3.92. The van der Waals surface area contributed by atoms with Crippen LogP contribution in [0.15, 0.2) is 12.2 Å². The zero-order valence-electron chi connectivity index (χ0n) is 8.03. The Labute approximate surface area is 77.2 Å². The van der Waals surface area contributed by atoms with Gasteiger partial charge in [0.2, 0.25) is 5.60 Å². The number of Topliss-reactive ketones (excluding diaryl/α,β-unsaturated/α-hetero) is 1. The number of esters is 1. The van der Waals surface area contributed by atoms with Crippen LogP contribution in [0.2, 0.25) is 0 Å². The molecule has 0 amide bonds. The number of aliphatic hydroxyl groups is 1. The highest BCUT2D eigenvalue weighted by atomic mass is 16.5. The molecule has 0 heterocycles. The summed E-state index contributed by atoms with van der Waals surface area (Å²) in [5.74, 6) is -1.53. The minimum atomic E-state index is -2.03. The van der Waals surface area contributed by atoms with Gasteiger partial charge in [-0.15, -0.1) is 0 Å². The summed E-state index contributed by atoms with van der Waals surface area (Å²) in [5.41, 5.74) is -2.03. The maximum absolute atomic E-state index is 11.1. The third kappa shape index (κ3) is 2.66. The lowest BCUT2D eigenvalue weighted by molar-refractivity contribution is -0.167. The van der Waals surface area contributed by atoms with E-state index in [0.29, 0.717) is 0 Å². The number of ether oxygens (including phenoxy) is 1. The van der Waals surface area contributed by atoms with E-state index in [-0.39, 0.29) is 6.42 Å². The summed E-state index contributed by atoms with van der Waals surface area (Å²) in [7, 11) is 1.13. The normalized spacial score (nSPS) is 15.4. The summed E-state index contributed by atoms with van der Waals surface area (Å²) in [6.07, 6.45) is 3.14. The fourth-order valence-corrected chi connectivity index (χ4v) is 0.828. The van der Waals surface area contributed by atoms with Crippen molar-refractivity contribution in [3.8, 4) is 0 Å². The zero-order valence-corrected chi connectivity index (χ0v) is 8.03. The van der Waals surface area contributed by atoms with Crippen molar-refractivity contribution in [3.05, 3.63) is 12.2 Å². The van der Waals surface area contributed by atoms with E-state index in [2.05, 4.69) is 4.74 Å². The Morgan fingerprint density at radius 1 is 1.54 bits per heavy atom. The molecule has 4 heteroatoms. The first-order chi connectivity index (χ1) is 5.99. The van der Waals surface area contributed by atoms with Gasteiger partial charge in [0.05, 0.1) is 7.11 Å². The average molecular weight is 186 g/mol. The fourth-order valence-electron chi connectivity index (χ4n) is 0.828. The predicted octanol–water partition coefficient (Wildman–Crippen LogP) is 0.446. The van der Waals surface area contributed by atoms with Crippen LogP contribution in [-0.4, -0.2) is 29.6 Å². The molecule has 0 aliphatic rings. The smallest absolute Gasteiger partial charge is 0.346 e. The van der Waals surface area contributed by atoms with Crippen molar-refractivity contribution in [3.63, 3.8) is 0 Å². The van der Waals surface area contributed by atoms with Crippen LogP contribution in [0.25, 0.3) is 0 Å². The average Bonchev–Trinajstić information content (AvgIpc) is 2.12. The van der Waals surface area contributed by atoms with Crippen molar-refractivity contribution in [2.24, 2.45) is 0 Å². The van der Waals surface area contributed by atoms with Crippen LogP contribution in [0, 0.1) is 0 Å². The number of ketones is 1. The number of allylic oxidation sites excluding steroid dienone is 1. The molecule has 1 N–H and O–H groups in total. The van der Waals surface area contributed by atoms with Crippen LogP contribution >= 0.6 is 0 Å². The first-order valence-electron chi connectivity index (χ1n) is 3.92. The van der Waals surface area contributed by atoms with Crippen molar-refractivity contribution in [1.29, 1.82) is 0 Å². The molecule has 13 heavy (non-hydrogen) atoms. The molecule has 0 aromatic carbocycles. The second-order valence-corrected chi connectivity index (χ2v) is 2.68. The number of rotatable bonds is 4. The van der Waals surface area contributed by atoms with Crippen LogP contribution in [-0.2, 0) is 14.3 Å². The van der Waals surface area contributed by atoms with Gasteiger partial charge in [0, 0.05) is 6.42 Å². The van der Waals surface area contributed by atoms with E-state index in [1.807, 2.05) is 0 Å². The summed E-state index contributed by atoms with van der Waals surface area (Å²) >= 11 is 0. The van der Waals surface area contributed by atoms with Gasteiger partial charge in [-0.3, -0.25) is 4.79 Å². The van der Waals surface area contributed by atoms with E-state index in [9.17, 15) is 14.7 Å².